The molecule has 43 heavy (non-hydrogen) atoms. The molecule has 0 saturated carbocycles. The Hall–Kier alpha value is -4.03. The minimum Gasteiger partial charge on any atom is -0.493 e. The van der Waals surface area contributed by atoms with Gasteiger partial charge in [-0.1, -0.05) is 85.6 Å². The first kappa shape index (κ1) is 31.9. The molecule has 6 heteroatoms. The van der Waals surface area contributed by atoms with Crippen molar-refractivity contribution in [3.63, 3.8) is 0 Å². The van der Waals surface area contributed by atoms with E-state index in [2.05, 4.69) is 72.8 Å². The highest BCUT2D eigenvalue weighted by Gasteiger charge is 2.12. The SMILES string of the molecule is O=C(O)CCCOc1cccc(CCCCCCSc2cc(-c3ccccc3)cc(-c3ccccc3)c2)c1CCC(=O)O. The molecule has 0 aliphatic rings. The van der Waals surface area contributed by atoms with Crippen LogP contribution in [0.2, 0.25) is 0 Å². The summed E-state index contributed by atoms with van der Waals surface area (Å²) in [6, 6.07) is 33.8. The molecule has 0 spiro atoms. The highest BCUT2D eigenvalue weighted by atomic mass is 32.2. The van der Waals surface area contributed by atoms with E-state index in [9.17, 15) is 14.7 Å². The minimum absolute atomic E-state index is 0.0389. The number of rotatable bonds is 18. The van der Waals surface area contributed by atoms with Gasteiger partial charge in [-0.15, -0.1) is 11.8 Å². The number of carbonyl (C=O) groups is 2. The van der Waals surface area contributed by atoms with Crippen molar-refractivity contribution in [2.45, 2.75) is 62.7 Å². The van der Waals surface area contributed by atoms with Gasteiger partial charge in [0.05, 0.1) is 6.61 Å². The van der Waals surface area contributed by atoms with Crippen LogP contribution in [0.25, 0.3) is 22.3 Å². The van der Waals surface area contributed by atoms with Crippen LogP contribution in [0.15, 0.2) is 102 Å². The van der Waals surface area contributed by atoms with E-state index in [1.54, 1.807) is 0 Å². The molecule has 5 nitrogen and oxygen atoms in total. The molecule has 0 heterocycles. The van der Waals surface area contributed by atoms with E-state index in [1.165, 1.54) is 27.1 Å². The Morgan fingerprint density at radius 1 is 0.605 bits per heavy atom. The predicted octanol–water partition coefficient (Wildman–Crippen LogP) is 9.18. The molecule has 4 aromatic rings. The van der Waals surface area contributed by atoms with Crippen molar-refractivity contribution in [3.05, 3.63) is 108 Å². The van der Waals surface area contributed by atoms with Gasteiger partial charge in [0.15, 0.2) is 0 Å². The lowest BCUT2D eigenvalue weighted by molar-refractivity contribution is -0.138. The normalized spacial score (nSPS) is 10.9. The average molecular weight is 597 g/mol. The summed E-state index contributed by atoms with van der Waals surface area (Å²) in [6.07, 6.45) is 6.16. The van der Waals surface area contributed by atoms with Crippen LogP contribution >= 0.6 is 11.8 Å². The summed E-state index contributed by atoms with van der Waals surface area (Å²) < 4.78 is 5.88. The van der Waals surface area contributed by atoms with Crippen molar-refractivity contribution in [2.75, 3.05) is 12.4 Å². The maximum Gasteiger partial charge on any atom is 0.303 e. The Balaban J connectivity index is 1.29. The molecule has 0 aliphatic carbocycles. The van der Waals surface area contributed by atoms with Gasteiger partial charge < -0.3 is 14.9 Å². The number of carboxylic acids is 2. The molecule has 0 aromatic heterocycles. The smallest absolute Gasteiger partial charge is 0.303 e. The van der Waals surface area contributed by atoms with Crippen LogP contribution < -0.4 is 4.74 Å². The fourth-order valence-corrected chi connectivity index (χ4v) is 6.14. The van der Waals surface area contributed by atoms with Crippen LogP contribution in [-0.4, -0.2) is 34.5 Å². The summed E-state index contributed by atoms with van der Waals surface area (Å²) in [5, 5.41) is 18.1. The quantitative estimate of drug-likeness (QED) is 0.0880. The van der Waals surface area contributed by atoms with Crippen LogP contribution in [0.3, 0.4) is 0 Å². The van der Waals surface area contributed by atoms with Gasteiger partial charge in [-0.25, -0.2) is 0 Å². The van der Waals surface area contributed by atoms with Gasteiger partial charge >= 0.3 is 11.9 Å². The van der Waals surface area contributed by atoms with Crippen molar-refractivity contribution in [3.8, 4) is 28.0 Å². The second-order valence-electron chi connectivity index (χ2n) is 10.6. The van der Waals surface area contributed by atoms with Crippen LogP contribution in [0.4, 0.5) is 0 Å². The Labute approximate surface area is 258 Å². The summed E-state index contributed by atoms with van der Waals surface area (Å²) in [5.41, 5.74) is 6.97. The van der Waals surface area contributed by atoms with E-state index in [0.29, 0.717) is 25.2 Å². The van der Waals surface area contributed by atoms with Crippen molar-refractivity contribution in [1.82, 2.24) is 0 Å². The second-order valence-corrected chi connectivity index (χ2v) is 11.8. The molecule has 2 N–H and O–H groups in total. The van der Waals surface area contributed by atoms with E-state index in [4.69, 9.17) is 9.84 Å². The van der Waals surface area contributed by atoms with Crippen LogP contribution in [0.1, 0.15) is 56.1 Å². The molecule has 0 saturated heterocycles. The zero-order chi connectivity index (χ0) is 30.3. The number of hydrogen-bond acceptors (Lipinski definition) is 4. The zero-order valence-corrected chi connectivity index (χ0v) is 25.4. The number of hydrogen-bond donors (Lipinski definition) is 2. The van der Waals surface area contributed by atoms with Gasteiger partial charge in [0, 0.05) is 17.7 Å². The molecule has 0 amide bonds. The molecule has 0 atom stereocenters. The number of benzene rings is 4. The number of aryl methyl sites for hydroxylation is 1. The van der Waals surface area contributed by atoms with Crippen LogP contribution in [0, 0.1) is 0 Å². The van der Waals surface area contributed by atoms with Crippen molar-refractivity contribution < 1.29 is 24.5 Å². The lowest BCUT2D eigenvalue weighted by Gasteiger charge is -2.15. The van der Waals surface area contributed by atoms with Gasteiger partial charge in [-0.05, 0) is 95.5 Å². The fraction of sp³-hybridized carbons (Fsp3) is 0.297. The van der Waals surface area contributed by atoms with Crippen molar-refractivity contribution in [2.24, 2.45) is 0 Å². The molecule has 0 fully saturated rings. The van der Waals surface area contributed by atoms with E-state index in [1.807, 2.05) is 36.0 Å². The third-order valence-electron chi connectivity index (χ3n) is 7.34. The summed E-state index contributed by atoms with van der Waals surface area (Å²) in [5.74, 6) is 0.0395. The highest BCUT2D eigenvalue weighted by Crippen LogP contribution is 2.33. The van der Waals surface area contributed by atoms with Gasteiger partial charge in [0.1, 0.15) is 5.75 Å². The standard InChI is InChI=1S/C37H40O5S/c38-36(39)20-12-23-42-35-19-11-18-30(34(35)21-22-37(40)41)17-5-1-2-10-24-43-33-26-31(28-13-6-3-7-14-28)25-32(27-33)29-15-8-4-9-16-29/h3-4,6-9,11,13-16,18-19,25-27H,1-2,5,10,12,17,20-24H2,(H,38,39)(H,40,41). The van der Waals surface area contributed by atoms with Gasteiger partial charge in [0.2, 0.25) is 0 Å². The van der Waals surface area contributed by atoms with E-state index >= 15 is 0 Å². The summed E-state index contributed by atoms with van der Waals surface area (Å²) in [4.78, 5) is 23.4. The van der Waals surface area contributed by atoms with Crippen LogP contribution in [-0.2, 0) is 22.4 Å². The zero-order valence-electron chi connectivity index (χ0n) is 24.5. The molecule has 4 rings (SSSR count). The lowest BCUT2D eigenvalue weighted by Crippen LogP contribution is -2.07. The molecule has 0 radical (unpaired) electrons. The fourth-order valence-electron chi connectivity index (χ4n) is 5.14. The number of thioether (sulfide) groups is 1. The van der Waals surface area contributed by atoms with Gasteiger partial charge in [-0.3, -0.25) is 9.59 Å². The Bertz CT molecular complexity index is 1400. The van der Waals surface area contributed by atoms with Gasteiger partial charge in [0.25, 0.3) is 0 Å². The number of carboxylic acid groups (broad SMARTS) is 2. The maximum atomic E-state index is 11.3. The number of ether oxygens (including phenoxy) is 1. The van der Waals surface area contributed by atoms with E-state index < -0.39 is 11.9 Å². The lowest BCUT2D eigenvalue weighted by atomic mass is 9.97. The Morgan fingerprint density at radius 3 is 1.86 bits per heavy atom. The largest absolute Gasteiger partial charge is 0.493 e. The number of aliphatic carboxylic acids is 2. The topological polar surface area (TPSA) is 83.8 Å². The predicted molar refractivity (Wildman–Crippen MR) is 175 cm³/mol. The molecule has 0 aliphatic heterocycles. The Kier molecular flexibility index (Phi) is 12.7. The molecule has 4 aromatic carbocycles. The first-order chi connectivity index (χ1) is 21.0. The first-order valence-electron chi connectivity index (χ1n) is 15.1. The van der Waals surface area contributed by atoms with Gasteiger partial charge in [-0.2, -0.15) is 0 Å². The Morgan fingerprint density at radius 2 is 1.23 bits per heavy atom. The van der Waals surface area contributed by atoms with Crippen molar-refractivity contribution >= 4 is 23.7 Å². The molecular formula is C37H40O5S. The van der Waals surface area contributed by atoms with E-state index in [-0.39, 0.29) is 12.8 Å². The third-order valence-corrected chi connectivity index (χ3v) is 8.40. The molecular weight excluding hydrogens is 556 g/mol. The summed E-state index contributed by atoms with van der Waals surface area (Å²) in [7, 11) is 0. The first-order valence-corrected chi connectivity index (χ1v) is 16.0. The van der Waals surface area contributed by atoms with Crippen molar-refractivity contribution in [1.29, 1.82) is 0 Å². The molecule has 0 bridgehead atoms. The third kappa shape index (κ3) is 10.6. The number of unbranched alkanes of at least 4 members (excludes halogenated alkanes) is 3. The monoisotopic (exact) mass is 596 g/mol. The van der Waals surface area contributed by atoms with Crippen LogP contribution in [0.5, 0.6) is 5.75 Å². The second kappa shape index (κ2) is 17.2. The molecule has 0 unspecified atom stereocenters. The summed E-state index contributed by atoms with van der Waals surface area (Å²) in [6.45, 7) is 0.300. The summed E-state index contributed by atoms with van der Waals surface area (Å²) >= 11 is 1.91. The maximum absolute atomic E-state index is 11.3. The molecule has 224 valence electrons. The average Bonchev–Trinajstić information content (AvgIpc) is 3.02. The highest BCUT2D eigenvalue weighted by molar-refractivity contribution is 7.99. The van der Waals surface area contributed by atoms with E-state index in [0.717, 1.165) is 49.0 Å². The minimum atomic E-state index is -0.848.